The molecule has 4 heteroatoms. The largest absolute Gasteiger partial charge is 0.329 e. The number of hydrogen-bond donors (Lipinski definition) is 1. The van der Waals surface area contributed by atoms with E-state index in [2.05, 4.69) is 9.97 Å². The molecule has 0 fully saturated rings. The summed E-state index contributed by atoms with van der Waals surface area (Å²) in [5, 5.41) is 1.21. The number of aromatic amines is 1. The van der Waals surface area contributed by atoms with Crippen molar-refractivity contribution in [1.29, 1.82) is 0 Å². The Balaban J connectivity index is 2.46. The number of rotatable bonds is 1. The molecule has 0 amide bonds. The molecule has 0 aliphatic carbocycles. The highest BCUT2D eigenvalue weighted by molar-refractivity contribution is 6.31. The molecule has 0 saturated carbocycles. The molecule has 0 atom stereocenters. The van der Waals surface area contributed by atoms with Crippen LogP contribution in [0.3, 0.4) is 0 Å². The molecule has 0 spiro atoms. The van der Waals surface area contributed by atoms with E-state index in [1.807, 2.05) is 24.3 Å². The van der Waals surface area contributed by atoms with E-state index in [0.717, 1.165) is 11.4 Å². The van der Waals surface area contributed by atoms with Crippen LogP contribution in [0.2, 0.25) is 10.2 Å². The van der Waals surface area contributed by atoms with Gasteiger partial charge in [-0.3, -0.25) is 0 Å². The summed E-state index contributed by atoms with van der Waals surface area (Å²) < 4.78 is 0. The Labute approximate surface area is 85.5 Å². The summed E-state index contributed by atoms with van der Waals surface area (Å²) in [7, 11) is 0. The van der Waals surface area contributed by atoms with E-state index in [1.165, 1.54) is 0 Å². The topological polar surface area (TPSA) is 28.7 Å². The van der Waals surface area contributed by atoms with Crippen molar-refractivity contribution in [1.82, 2.24) is 9.97 Å². The SMILES string of the molecule is Clc1cccc(-c2ncc(Cl)[nH]2)c1. The zero-order valence-corrected chi connectivity index (χ0v) is 8.10. The van der Waals surface area contributed by atoms with Gasteiger partial charge in [-0.05, 0) is 12.1 Å². The molecule has 0 unspecified atom stereocenters. The molecule has 13 heavy (non-hydrogen) atoms. The lowest BCUT2D eigenvalue weighted by Gasteiger charge is -1.96. The molecular weight excluding hydrogens is 207 g/mol. The van der Waals surface area contributed by atoms with Crippen LogP contribution >= 0.6 is 23.2 Å². The Bertz CT molecular complexity index is 423. The molecule has 0 bridgehead atoms. The highest BCUT2D eigenvalue weighted by Gasteiger charge is 2.01. The van der Waals surface area contributed by atoms with Crippen LogP contribution < -0.4 is 0 Å². The Hall–Kier alpha value is -0.990. The fourth-order valence-electron chi connectivity index (χ4n) is 1.08. The van der Waals surface area contributed by atoms with E-state index in [9.17, 15) is 0 Å². The lowest BCUT2D eigenvalue weighted by molar-refractivity contribution is 1.31. The van der Waals surface area contributed by atoms with Crippen molar-refractivity contribution >= 4 is 23.2 Å². The van der Waals surface area contributed by atoms with Crippen LogP contribution in [-0.2, 0) is 0 Å². The van der Waals surface area contributed by atoms with Crippen LogP contribution in [0.4, 0.5) is 0 Å². The number of nitrogens with zero attached hydrogens (tertiary/aromatic N) is 1. The summed E-state index contributed by atoms with van der Waals surface area (Å²) in [5.41, 5.74) is 0.930. The van der Waals surface area contributed by atoms with Crippen molar-refractivity contribution in [3.05, 3.63) is 40.6 Å². The number of H-pyrrole nitrogens is 1. The third-order valence-electron chi connectivity index (χ3n) is 1.64. The van der Waals surface area contributed by atoms with E-state index in [1.54, 1.807) is 6.20 Å². The van der Waals surface area contributed by atoms with Crippen molar-refractivity contribution in [2.24, 2.45) is 0 Å². The molecule has 1 N–H and O–H groups in total. The first-order valence-corrected chi connectivity index (χ1v) is 4.48. The maximum absolute atomic E-state index is 5.83. The highest BCUT2D eigenvalue weighted by Crippen LogP contribution is 2.20. The second-order valence-electron chi connectivity index (χ2n) is 2.59. The molecule has 1 aromatic carbocycles. The van der Waals surface area contributed by atoms with Crippen molar-refractivity contribution in [3.8, 4) is 11.4 Å². The molecule has 0 aliphatic heterocycles. The predicted octanol–water partition coefficient (Wildman–Crippen LogP) is 3.38. The molecule has 2 nitrogen and oxygen atoms in total. The molecule has 66 valence electrons. The number of aromatic nitrogens is 2. The van der Waals surface area contributed by atoms with Crippen LogP contribution in [0.15, 0.2) is 30.5 Å². The van der Waals surface area contributed by atoms with Gasteiger partial charge in [0.1, 0.15) is 11.0 Å². The quantitative estimate of drug-likeness (QED) is 0.772. The molecular formula is C9H6Cl2N2. The predicted molar refractivity (Wildman–Crippen MR) is 54.0 cm³/mol. The molecule has 0 radical (unpaired) electrons. The van der Waals surface area contributed by atoms with E-state index in [4.69, 9.17) is 23.2 Å². The highest BCUT2D eigenvalue weighted by atomic mass is 35.5. The van der Waals surface area contributed by atoms with Gasteiger partial charge in [-0.25, -0.2) is 4.98 Å². The van der Waals surface area contributed by atoms with Gasteiger partial charge in [0.15, 0.2) is 0 Å². The summed E-state index contributed by atoms with van der Waals surface area (Å²) in [6.07, 6.45) is 1.57. The van der Waals surface area contributed by atoms with Gasteiger partial charge in [-0.2, -0.15) is 0 Å². The second-order valence-corrected chi connectivity index (χ2v) is 3.43. The summed E-state index contributed by atoms with van der Waals surface area (Å²) in [6.45, 7) is 0. The fraction of sp³-hybridized carbons (Fsp3) is 0. The Morgan fingerprint density at radius 2 is 2.08 bits per heavy atom. The summed E-state index contributed by atoms with van der Waals surface area (Å²) >= 11 is 11.5. The molecule has 0 saturated heterocycles. The van der Waals surface area contributed by atoms with E-state index >= 15 is 0 Å². The summed E-state index contributed by atoms with van der Waals surface area (Å²) in [5.74, 6) is 0.729. The monoisotopic (exact) mass is 212 g/mol. The summed E-state index contributed by atoms with van der Waals surface area (Å²) in [6, 6.07) is 7.43. The van der Waals surface area contributed by atoms with Gasteiger partial charge in [0.2, 0.25) is 0 Å². The zero-order valence-electron chi connectivity index (χ0n) is 6.59. The summed E-state index contributed by atoms with van der Waals surface area (Å²) in [4.78, 5) is 7.00. The van der Waals surface area contributed by atoms with Crippen LogP contribution in [0.25, 0.3) is 11.4 Å². The standard InChI is InChI=1S/C9H6Cl2N2/c10-7-3-1-2-6(4-7)9-12-5-8(11)13-9/h1-5H,(H,12,13). The Morgan fingerprint density at radius 1 is 1.23 bits per heavy atom. The third kappa shape index (κ3) is 1.85. The first-order chi connectivity index (χ1) is 6.25. The lowest BCUT2D eigenvalue weighted by Crippen LogP contribution is -1.79. The first-order valence-electron chi connectivity index (χ1n) is 3.72. The van der Waals surface area contributed by atoms with Crippen molar-refractivity contribution in [2.75, 3.05) is 0 Å². The molecule has 0 aliphatic rings. The molecule has 1 heterocycles. The van der Waals surface area contributed by atoms with Gasteiger partial charge in [-0.1, -0.05) is 35.3 Å². The normalized spacial score (nSPS) is 10.3. The minimum Gasteiger partial charge on any atom is -0.329 e. The third-order valence-corrected chi connectivity index (χ3v) is 2.07. The minimum absolute atomic E-state index is 0.523. The Kier molecular flexibility index (Phi) is 2.25. The Morgan fingerprint density at radius 3 is 2.69 bits per heavy atom. The van der Waals surface area contributed by atoms with Gasteiger partial charge < -0.3 is 4.98 Å². The van der Waals surface area contributed by atoms with Gasteiger partial charge in [0, 0.05) is 10.6 Å². The van der Waals surface area contributed by atoms with Gasteiger partial charge in [0.05, 0.1) is 6.20 Å². The number of hydrogen-bond acceptors (Lipinski definition) is 1. The number of benzene rings is 1. The number of imidazole rings is 1. The average molecular weight is 213 g/mol. The minimum atomic E-state index is 0.523. The maximum atomic E-state index is 5.83. The van der Waals surface area contributed by atoms with E-state index in [0.29, 0.717) is 10.2 Å². The van der Waals surface area contributed by atoms with Crippen LogP contribution in [0.1, 0.15) is 0 Å². The first kappa shape index (κ1) is 8.60. The fourth-order valence-corrected chi connectivity index (χ4v) is 1.41. The molecule has 1 aromatic heterocycles. The lowest BCUT2D eigenvalue weighted by atomic mass is 10.2. The molecule has 2 rings (SSSR count). The van der Waals surface area contributed by atoms with Gasteiger partial charge in [-0.15, -0.1) is 0 Å². The van der Waals surface area contributed by atoms with E-state index in [-0.39, 0.29) is 0 Å². The average Bonchev–Trinajstić information content (AvgIpc) is 2.52. The van der Waals surface area contributed by atoms with Crippen molar-refractivity contribution in [3.63, 3.8) is 0 Å². The molecule has 2 aromatic rings. The van der Waals surface area contributed by atoms with Crippen LogP contribution in [-0.4, -0.2) is 9.97 Å². The maximum Gasteiger partial charge on any atom is 0.138 e. The van der Waals surface area contributed by atoms with Crippen LogP contribution in [0, 0.1) is 0 Å². The van der Waals surface area contributed by atoms with Crippen molar-refractivity contribution in [2.45, 2.75) is 0 Å². The smallest absolute Gasteiger partial charge is 0.138 e. The number of nitrogens with one attached hydrogen (secondary N) is 1. The van der Waals surface area contributed by atoms with Crippen molar-refractivity contribution < 1.29 is 0 Å². The zero-order chi connectivity index (χ0) is 9.26. The second kappa shape index (κ2) is 3.40. The van der Waals surface area contributed by atoms with Gasteiger partial charge >= 0.3 is 0 Å². The number of halogens is 2. The van der Waals surface area contributed by atoms with Crippen LogP contribution in [0.5, 0.6) is 0 Å². The van der Waals surface area contributed by atoms with Gasteiger partial charge in [0.25, 0.3) is 0 Å². The van der Waals surface area contributed by atoms with E-state index < -0.39 is 0 Å².